The van der Waals surface area contributed by atoms with Crippen LogP contribution < -0.4 is 16.2 Å². The van der Waals surface area contributed by atoms with Crippen LogP contribution in [0.3, 0.4) is 0 Å². The molecular formula is C18H20Cl2N6O. The first-order valence-electron chi connectivity index (χ1n) is 8.38. The third-order valence-corrected chi connectivity index (χ3v) is 4.47. The van der Waals surface area contributed by atoms with E-state index < -0.39 is 6.03 Å². The lowest BCUT2D eigenvalue weighted by molar-refractivity contribution is 0.254. The highest BCUT2D eigenvalue weighted by Gasteiger charge is 2.16. The molecule has 0 bridgehead atoms. The van der Waals surface area contributed by atoms with Gasteiger partial charge in [-0.3, -0.25) is 15.5 Å². The van der Waals surface area contributed by atoms with Crippen LogP contribution in [0.4, 0.5) is 16.3 Å². The van der Waals surface area contributed by atoms with E-state index in [1.165, 1.54) is 0 Å². The normalized spacial score (nSPS) is 11.1. The Morgan fingerprint density at radius 2 is 1.81 bits per heavy atom. The summed E-state index contributed by atoms with van der Waals surface area (Å²) in [5.74, 6) is 0.801. The smallest absolute Gasteiger partial charge is 0.306 e. The number of nitrogens with one attached hydrogen (secondary N) is 3. The molecule has 0 atom stereocenters. The molecule has 0 unspecified atom stereocenters. The Bertz CT molecular complexity index is 994. The van der Waals surface area contributed by atoms with E-state index in [0.717, 1.165) is 22.3 Å². The van der Waals surface area contributed by atoms with Gasteiger partial charge in [0.2, 0.25) is 0 Å². The number of carbonyl (C=O) groups is 1. The predicted octanol–water partition coefficient (Wildman–Crippen LogP) is 4.86. The van der Waals surface area contributed by atoms with Crippen LogP contribution in [0.25, 0.3) is 11.0 Å². The first kappa shape index (κ1) is 19.3. The van der Waals surface area contributed by atoms with Crippen molar-refractivity contribution in [3.63, 3.8) is 0 Å². The molecule has 0 saturated heterocycles. The Morgan fingerprint density at radius 3 is 2.44 bits per heavy atom. The second kappa shape index (κ2) is 7.62. The van der Waals surface area contributed by atoms with Gasteiger partial charge in [0.15, 0.2) is 0 Å². The van der Waals surface area contributed by atoms with Crippen LogP contribution in [0.5, 0.6) is 0 Å². The molecule has 7 nitrogen and oxygen atoms in total. The zero-order valence-corrected chi connectivity index (χ0v) is 16.9. The van der Waals surface area contributed by atoms with Crippen molar-refractivity contribution in [2.45, 2.75) is 26.7 Å². The van der Waals surface area contributed by atoms with Crippen molar-refractivity contribution in [1.82, 2.24) is 20.2 Å². The lowest BCUT2D eigenvalue weighted by atomic mass is 10.0. The van der Waals surface area contributed by atoms with Crippen molar-refractivity contribution in [1.29, 1.82) is 0 Å². The molecule has 0 aliphatic rings. The number of fused-ring (bicyclic) bond motifs is 1. The van der Waals surface area contributed by atoms with Crippen molar-refractivity contribution in [3.8, 4) is 0 Å². The van der Waals surface area contributed by atoms with Crippen LogP contribution >= 0.6 is 23.2 Å². The molecule has 0 aliphatic heterocycles. The highest BCUT2D eigenvalue weighted by molar-refractivity contribution is 6.35. The Balaban J connectivity index is 1.78. The van der Waals surface area contributed by atoms with E-state index in [0.29, 0.717) is 21.6 Å². The Labute approximate surface area is 167 Å². The summed E-state index contributed by atoms with van der Waals surface area (Å²) in [6.45, 7) is 6.11. The molecule has 3 N–H and O–H groups in total. The SMILES string of the molecule is Cc1nn(C)c2c(C(C)C)cc(NNC(=O)Nc3cc(Cl)cc(Cl)c3)nc12. The fourth-order valence-electron chi connectivity index (χ4n) is 2.89. The molecule has 0 fully saturated rings. The molecule has 0 saturated carbocycles. The van der Waals surface area contributed by atoms with Gasteiger partial charge in [-0.15, -0.1) is 0 Å². The number of anilines is 2. The number of hydrogen-bond acceptors (Lipinski definition) is 4. The summed E-state index contributed by atoms with van der Waals surface area (Å²) in [6.07, 6.45) is 0. The molecule has 0 spiro atoms. The molecule has 0 aliphatic carbocycles. The third kappa shape index (κ3) is 4.26. The van der Waals surface area contributed by atoms with Gasteiger partial charge in [0.25, 0.3) is 0 Å². The molecule has 2 aromatic heterocycles. The van der Waals surface area contributed by atoms with Crippen molar-refractivity contribution in [2.24, 2.45) is 7.05 Å². The van der Waals surface area contributed by atoms with E-state index >= 15 is 0 Å². The van der Waals surface area contributed by atoms with E-state index in [1.807, 2.05) is 24.7 Å². The molecule has 9 heteroatoms. The van der Waals surface area contributed by atoms with Crippen LogP contribution in [0.2, 0.25) is 10.0 Å². The van der Waals surface area contributed by atoms with Gasteiger partial charge in [0.1, 0.15) is 11.3 Å². The molecule has 2 amide bonds. The van der Waals surface area contributed by atoms with Gasteiger partial charge in [0.05, 0.1) is 11.2 Å². The standard InChI is InChI=1S/C18H20Cl2N6O/c1-9(2)14-8-15(22-16-10(3)25-26(4)17(14)16)23-24-18(27)21-13-6-11(19)5-12(20)7-13/h5-9H,1-4H3,(H,22,23)(H2,21,24,27). The van der Waals surface area contributed by atoms with Gasteiger partial charge in [-0.05, 0) is 42.7 Å². The number of benzene rings is 1. The van der Waals surface area contributed by atoms with Gasteiger partial charge in [0, 0.05) is 22.8 Å². The summed E-state index contributed by atoms with van der Waals surface area (Å²) in [6, 6.07) is 6.24. The highest BCUT2D eigenvalue weighted by atomic mass is 35.5. The number of aromatic nitrogens is 3. The summed E-state index contributed by atoms with van der Waals surface area (Å²) >= 11 is 11.9. The molecule has 1 aromatic carbocycles. The summed E-state index contributed by atoms with van der Waals surface area (Å²) in [5, 5.41) is 7.97. The molecular weight excluding hydrogens is 387 g/mol. The number of carbonyl (C=O) groups excluding carboxylic acids is 1. The Morgan fingerprint density at radius 1 is 1.15 bits per heavy atom. The van der Waals surface area contributed by atoms with Crippen LogP contribution in [-0.4, -0.2) is 20.8 Å². The maximum atomic E-state index is 12.1. The zero-order chi connectivity index (χ0) is 19.7. The maximum absolute atomic E-state index is 12.1. The fourth-order valence-corrected chi connectivity index (χ4v) is 3.41. The van der Waals surface area contributed by atoms with Crippen molar-refractivity contribution >= 4 is 51.8 Å². The number of pyridine rings is 1. The van der Waals surface area contributed by atoms with Crippen LogP contribution in [0.1, 0.15) is 31.0 Å². The van der Waals surface area contributed by atoms with Gasteiger partial charge < -0.3 is 5.32 Å². The Hall–Kier alpha value is -2.51. The minimum atomic E-state index is -0.468. The van der Waals surface area contributed by atoms with Crippen LogP contribution in [-0.2, 0) is 7.05 Å². The van der Waals surface area contributed by atoms with Crippen LogP contribution in [0, 0.1) is 6.92 Å². The third-order valence-electron chi connectivity index (χ3n) is 4.04. The van der Waals surface area contributed by atoms with E-state index in [2.05, 4.69) is 40.1 Å². The van der Waals surface area contributed by atoms with E-state index in [-0.39, 0.29) is 5.92 Å². The molecule has 3 rings (SSSR count). The van der Waals surface area contributed by atoms with Crippen molar-refractivity contribution < 1.29 is 4.79 Å². The second-order valence-corrected chi connectivity index (χ2v) is 7.39. The quantitative estimate of drug-likeness (QED) is 0.540. The molecule has 3 aromatic rings. The first-order valence-corrected chi connectivity index (χ1v) is 9.13. The van der Waals surface area contributed by atoms with E-state index in [4.69, 9.17) is 23.2 Å². The molecule has 2 heterocycles. The molecule has 27 heavy (non-hydrogen) atoms. The monoisotopic (exact) mass is 406 g/mol. The Kier molecular flexibility index (Phi) is 5.43. The highest BCUT2D eigenvalue weighted by Crippen LogP contribution is 2.28. The minimum Gasteiger partial charge on any atom is -0.306 e. The summed E-state index contributed by atoms with van der Waals surface area (Å²) in [7, 11) is 1.90. The number of rotatable bonds is 4. The van der Waals surface area contributed by atoms with Crippen LogP contribution in [0.15, 0.2) is 24.3 Å². The zero-order valence-electron chi connectivity index (χ0n) is 15.4. The largest absolute Gasteiger partial charge is 0.337 e. The number of amides is 2. The summed E-state index contributed by atoms with van der Waals surface area (Å²) in [5.41, 5.74) is 9.61. The van der Waals surface area contributed by atoms with E-state index in [9.17, 15) is 4.79 Å². The number of hydrazine groups is 1. The van der Waals surface area contributed by atoms with Gasteiger partial charge in [-0.2, -0.15) is 5.10 Å². The number of halogens is 2. The maximum Gasteiger partial charge on any atom is 0.337 e. The van der Waals surface area contributed by atoms with E-state index in [1.54, 1.807) is 18.2 Å². The number of nitrogens with zero attached hydrogens (tertiary/aromatic N) is 3. The predicted molar refractivity (Wildman–Crippen MR) is 110 cm³/mol. The fraction of sp³-hybridized carbons (Fsp3) is 0.278. The number of urea groups is 1. The lowest BCUT2D eigenvalue weighted by Crippen LogP contribution is -2.34. The number of hydrogen-bond donors (Lipinski definition) is 3. The van der Waals surface area contributed by atoms with Crippen molar-refractivity contribution in [2.75, 3.05) is 10.7 Å². The topological polar surface area (TPSA) is 83.9 Å². The first-order chi connectivity index (χ1) is 12.7. The van der Waals surface area contributed by atoms with Gasteiger partial charge >= 0.3 is 6.03 Å². The van der Waals surface area contributed by atoms with Crippen molar-refractivity contribution in [3.05, 3.63) is 45.6 Å². The molecule has 142 valence electrons. The van der Waals surface area contributed by atoms with Gasteiger partial charge in [-0.1, -0.05) is 37.0 Å². The average molecular weight is 407 g/mol. The van der Waals surface area contributed by atoms with Gasteiger partial charge in [-0.25, -0.2) is 9.78 Å². The number of aryl methyl sites for hydroxylation is 2. The summed E-state index contributed by atoms with van der Waals surface area (Å²) in [4.78, 5) is 16.7. The second-order valence-electron chi connectivity index (χ2n) is 6.52. The lowest BCUT2D eigenvalue weighted by Gasteiger charge is -2.13. The molecule has 0 radical (unpaired) electrons. The average Bonchev–Trinajstić information content (AvgIpc) is 2.85. The minimum absolute atomic E-state index is 0.272. The summed E-state index contributed by atoms with van der Waals surface area (Å²) < 4.78 is 1.83.